The van der Waals surface area contributed by atoms with E-state index in [0.29, 0.717) is 6.04 Å². The molecule has 0 N–H and O–H groups in total. The lowest BCUT2D eigenvalue weighted by molar-refractivity contribution is -0.149. The Kier molecular flexibility index (Phi) is 2.96. The van der Waals surface area contributed by atoms with Crippen LogP contribution in [0.25, 0.3) is 0 Å². The summed E-state index contributed by atoms with van der Waals surface area (Å²) in [4.78, 5) is 13.7. The number of ether oxygens (including phenoxy) is 1. The molecule has 0 aromatic heterocycles. The molecule has 1 saturated carbocycles. The molecular formula is C10H19NO2. The van der Waals surface area contributed by atoms with E-state index >= 15 is 0 Å². The SMILES string of the molecule is CCC(N(C)C)C1(C(=O)OC)CC1. The molecule has 76 valence electrons. The maximum atomic E-state index is 11.6. The number of carbonyl (C=O) groups is 1. The number of hydrogen-bond donors (Lipinski definition) is 0. The fourth-order valence-corrected chi connectivity index (χ4v) is 2.26. The highest BCUT2D eigenvalue weighted by Crippen LogP contribution is 2.51. The zero-order valence-corrected chi connectivity index (χ0v) is 8.96. The van der Waals surface area contributed by atoms with E-state index in [1.165, 1.54) is 7.11 Å². The molecule has 1 aliphatic rings. The van der Waals surface area contributed by atoms with Gasteiger partial charge in [-0.25, -0.2) is 0 Å². The number of methoxy groups -OCH3 is 1. The van der Waals surface area contributed by atoms with Crippen molar-refractivity contribution in [2.45, 2.75) is 32.2 Å². The molecule has 1 unspecified atom stereocenters. The van der Waals surface area contributed by atoms with Gasteiger partial charge in [0.25, 0.3) is 0 Å². The minimum absolute atomic E-state index is 0.0342. The van der Waals surface area contributed by atoms with Crippen molar-refractivity contribution in [3.05, 3.63) is 0 Å². The molecule has 1 fully saturated rings. The van der Waals surface area contributed by atoms with Gasteiger partial charge in [-0.3, -0.25) is 4.79 Å². The Morgan fingerprint density at radius 3 is 2.31 bits per heavy atom. The quantitative estimate of drug-likeness (QED) is 0.618. The van der Waals surface area contributed by atoms with Crippen LogP contribution in [0.1, 0.15) is 26.2 Å². The van der Waals surface area contributed by atoms with Crippen molar-refractivity contribution in [3.63, 3.8) is 0 Å². The first-order valence-electron chi connectivity index (χ1n) is 4.83. The van der Waals surface area contributed by atoms with Crippen molar-refractivity contribution in [3.8, 4) is 0 Å². The Balaban J connectivity index is 2.72. The Hall–Kier alpha value is -0.570. The van der Waals surface area contributed by atoms with Gasteiger partial charge >= 0.3 is 5.97 Å². The molecular weight excluding hydrogens is 166 g/mol. The molecule has 3 nitrogen and oxygen atoms in total. The van der Waals surface area contributed by atoms with Crippen LogP contribution in [-0.4, -0.2) is 38.1 Å². The molecule has 0 saturated heterocycles. The first-order valence-corrected chi connectivity index (χ1v) is 4.83. The lowest BCUT2D eigenvalue weighted by Gasteiger charge is -2.29. The summed E-state index contributed by atoms with van der Waals surface area (Å²) in [5.41, 5.74) is -0.188. The lowest BCUT2D eigenvalue weighted by atomic mass is 9.93. The minimum Gasteiger partial charge on any atom is -0.469 e. The van der Waals surface area contributed by atoms with Crippen LogP contribution in [-0.2, 0) is 9.53 Å². The third kappa shape index (κ3) is 1.70. The van der Waals surface area contributed by atoms with Crippen LogP contribution in [0.2, 0.25) is 0 Å². The molecule has 0 heterocycles. The highest BCUT2D eigenvalue weighted by molar-refractivity contribution is 5.80. The maximum absolute atomic E-state index is 11.6. The second-order valence-electron chi connectivity index (χ2n) is 4.04. The molecule has 1 rings (SSSR count). The van der Waals surface area contributed by atoms with Crippen LogP contribution in [0, 0.1) is 5.41 Å². The highest BCUT2D eigenvalue weighted by atomic mass is 16.5. The molecule has 0 aromatic rings. The summed E-state index contributed by atoms with van der Waals surface area (Å²) in [5.74, 6) is -0.0342. The fourth-order valence-electron chi connectivity index (χ4n) is 2.26. The average molecular weight is 185 g/mol. The van der Waals surface area contributed by atoms with Crippen LogP contribution in [0.15, 0.2) is 0 Å². The average Bonchev–Trinajstić information content (AvgIpc) is 2.85. The summed E-state index contributed by atoms with van der Waals surface area (Å²) < 4.78 is 4.84. The second-order valence-corrected chi connectivity index (χ2v) is 4.04. The summed E-state index contributed by atoms with van der Waals surface area (Å²) in [7, 11) is 5.53. The van der Waals surface area contributed by atoms with Crippen LogP contribution in [0.5, 0.6) is 0 Å². The molecule has 1 atom stereocenters. The number of nitrogens with zero attached hydrogens (tertiary/aromatic N) is 1. The molecule has 13 heavy (non-hydrogen) atoms. The van der Waals surface area contributed by atoms with E-state index in [4.69, 9.17) is 4.74 Å². The Bertz CT molecular complexity index is 197. The summed E-state index contributed by atoms with van der Waals surface area (Å²) in [5, 5.41) is 0. The van der Waals surface area contributed by atoms with Gasteiger partial charge in [0.2, 0.25) is 0 Å². The Morgan fingerprint density at radius 1 is 1.54 bits per heavy atom. The van der Waals surface area contributed by atoms with Crippen LogP contribution in [0.3, 0.4) is 0 Å². The van der Waals surface area contributed by atoms with Gasteiger partial charge in [-0.05, 0) is 33.4 Å². The number of carbonyl (C=O) groups excluding carboxylic acids is 1. The third-order valence-electron chi connectivity index (χ3n) is 3.03. The normalized spacial score (nSPS) is 21.3. The van der Waals surface area contributed by atoms with Gasteiger partial charge < -0.3 is 9.64 Å². The molecule has 0 spiro atoms. The van der Waals surface area contributed by atoms with Gasteiger partial charge in [-0.1, -0.05) is 6.92 Å². The summed E-state index contributed by atoms with van der Waals surface area (Å²) in [6.07, 6.45) is 2.97. The van der Waals surface area contributed by atoms with Gasteiger partial charge in [0, 0.05) is 6.04 Å². The monoisotopic (exact) mass is 185 g/mol. The maximum Gasteiger partial charge on any atom is 0.313 e. The summed E-state index contributed by atoms with van der Waals surface area (Å²) in [6.45, 7) is 2.12. The van der Waals surface area contributed by atoms with E-state index in [2.05, 4.69) is 11.8 Å². The van der Waals surface area contributed by atoms with E-state index in [-0.39, 0.29) is 11.4 Å². The Labute approximate surface area is 80.1 Å². The first-order chi connectivity index (χ1) is 6.08. The van der Waals surface area contributed by atoms with Crippen molar-refractivity contribution in [2.24, 2.45) is 5.41 Å². The molecule has 3 heteroatoms. The second kappa shape index (κ2) is 3.66. The zero-order valence-electron chi connectivity index (χ0n) is 8.96. The predicted molar refractivity (Wildman–Crippen MR) is 51.4 cm³/mol. The van der Waals surface area contributed by atoms with Gasteiger partial charge in [0.05, 0.1) is 12.5 Å². The van der Waals surface area contributed by atoms with E-state index in [0.717, 1.165) is 19.3 Å². The highest BCUT2D eigenvalue weighted by Gasteiger charge is 2.56. The van der Waals surface area contributed by atoms with Crippen LogP contribution in [0.4, 0.5) is 0 Å². The van der Waals surface area contributed by atoms with Gasteiger partial charge in [-0.15, -0.1) is 0 Å². The molecule has 0 bridgehead atoms. The van der Waals surface area contributed by atoms with E-state index in [1.54, 1.807) is 0 Å². The van der Waals surface area contributed by atoms with E-state index < -0.39 is 0 Å². The van der Waals surface area contributed by atoms with E-state index in [1.807, 2.05) is 14.1 Å². The molecule has 0 radical (unpaired) electrons. The molecule has 0 amide bonds. The number of rotatable bonds is 4. The number of esters is 1. The minimum atomic E-state index is -0.188. The topological polar surface area (TPSA) is 29.5 Å². The van der Waals surface area contributed by atoms with Gasteiger partial charge in [0.1, 0.15) is 0 Å². The van der Waals surface area contributed by atoms with Crippen molar-refractivity contribution in [1.29, 1.82) is 0 Å². The van der Waals surface area contributed by atoms with Crippen molar-refractivity contribution in [1.82, 2.24) is 4.90 Å². The smallest absolute Gasteiger partial charge is 0.313 e. The molecule has 0 aliphatic heterocycles. The summed E-state index contributed by atoms with van der Waals surface area (Å²) in [6, 6.07) is 0.333. The van der Waals surface area contributed by atoms with Crippen LogP contribution >= 0.6 is 0 Å². The lowest BCUT2D eigenvalue weighted by Crippen LogP contribution is -2.41. The van der Waals surface area contributed by atoms with Gasteiger partial charge in [-0.2, -0.15) is 0 Å². The van der Waals surface area contributed by atoms with Crippen molar-refractivity contribution in [2.75, 3.05) is 21.2 Å². The molecule has 1 aliphatic carbocycles. The summed E-state index contributed by atoms with van der Waals surface area (Å²) >= 11 is 0. The zero-order chi connectivity index (χ0) is 10.1. The third-order valence-corrected chi connectivity index (χ3v) is 3.03. The standard InChI is InChI=1S/C10H19NO2/c1-5-8(11(2)3)10(6-7-10)9(12)13-4/h8H,5-7H2,1-4H3. The van der Waals surface area contributed by atoms with Crippen molar-refractivity contribution >= 4 is 5.97 Å². The largest absolute Gasteiger partial charge is 0.469 e. The van der Waals surface area contributed by atoms with Crippen molar-refractivity contribution < 1.29 is 9.53 Å². The molecule has 0 aromatic carbocycles. The Morgan fingerprint density at radius 2 is 2.08 bits per heavy atom. The van der Waals surface area contributed by atoms with Gasteiger partial charge in [0.15, 0.2) is 0 Å². The first kappa shape index (κ1) is 10.5. The predicted octanol–water partition coefficient (Wildman–Crippen LogP) is 1.28. The fraction of sp³-hybridized carbons (Fsp3) is 0.900. The van der Waals surface area contributed by atoms with E-state index in [9.17, 15) is 4.79 Å². The number of hydrogen-bond acceptors (Lipinski definition) is 3. The van der Waals surface area contributed by atoms with Crippen LogP contribution < -0.4 is 0 Å².